The standard InChI is InChI=1S/2La.O3Si.2O/c;;1-4(2)3;;/q2*+3;3*-2. The first-order valence-corrected chi connectivity index (χ1v) is 1.84. The predicted octanol–water partition coefficient (Wildman–Crippen LogP) is -3.12. The van der Waals surface area contributed by atoms with Crippen molar-refractivity contribution in [3.63, 3.8) is 0 Å². The molecule has 0 radical (unpaired) electrons. The Kier molecular flexibility index (Phi) is 94.1. The summed E-state index contributed by atoms with van der Waals surface area (Å²) in [6.07, 6.45) is 0. The van der Waals surface area contributed by atoms with Crippen LogP contribution in [0, 0.1) is 71.2 Å². The average Bonchev–Trinajstić information content (AvgIpc) is 0.811. The quantitative estimate of drug-likeness (QED) is 0.410. The molecule has 0 bridgehead atoms. The minimum Gasteiger partial charge on any atom is -2.00 e. The van der Waals surface area contributed by atoms with Crippen molar-refractivity contribution in [2.45, 2.75) is 0 Å². The summed E-state index contributed by atoms with van der Waals surface area (Å²) in [4.78, 5) is 17.0. The summed E-state index contributed by atoms with van der Waals surface area (Å²) in [7, 11) is -3.63. The first-order valence-electron chi connectivity index (χ1n) is 0.612. The van der Waals surface area contributed by atoms with Crippen molar-refractivity contribution in [3.8, 4) is 0 Å². The van der Waals surface area contributed by atoms with Crippen molar-refractivity contribution < 1.29 is 96.2 Å². The molecule has 0 N–H and O–H groups in total. The van der Waals surface area contributed by atoms with E-state index in [-0.39, 0.29) is 82.2 Å². The monoisotopic (exact) mass is 386 g/mol. The van der Waals surface area contributed by atoms with Gasteiger partial charge in [-0.3, -0.25) is 0 Å². The van der Waals surface area contributed by atoms with Gasteiger partial charge in [0.25, 0.3) is 0 Å². The van der Waals surface area contributed by atoms with Crippen LogP contribution in [-0.2, 0) is 15.4 Å². The second kappa shape index (κ2) is 23.1. The first-order chi connectivity index (χ1) is 1.73. The van der Waals surface area contributed by atoms with Gasteiger partial charge in [0.05, 0.1) is 0 Å². The van der Waals surface area contributed by atoms with Crippen LogP contribution in [0.1, 0.15) is 0 Å². The second-order valence-corrected chi connectivity index (χ2v) is 0.750. The van der Waals surface area contributed by atoms with Crippen LogP contribution in [0.2, 0.25) is 0 Å². The molecule has 0 aliphatic rings. The van der Waals surface area contributed by atoms with E-state index >= 15 is 0 Å². The third-order valence-corrected chi connectivity index (χ3v) is 0. The number of rotatable bonds is 0. The fraction of sp³-hybridized carbons (Fsp3) is 0. The van der Waals surface area contributed by atoms with Crippen LogP contribution in [0.3, 0.4) is 0 Å². The predicted molar refractivity (Wildman–Crippen MR) is 7.81 cm³/mol. The molecule has 0 spiro atoms. The second-order valence-electron chi connectivity index (χ2n) is 0.250. The fourth-order valence-electron chi connectivity index (χ4n) is 0. The maximum atomic E-state index is 8.52. The summed E-state index contributed by atoms with van der Waals surface area (Å²) < 4.78 is 8.52. The molecule has 0 heterocycles. The zero-order valence-corrected chi connectivity index (χ0v) is 11.9. The van der Waals surface area contributed by atoms with Gasteiger partial charge >= 0.3 is 71.2 Å². The minimum absolute atomic E-state index is 0. The van der Waals surface area contributed by atoms with Crippen molar-refractivity contribution in [3.05, 3.63) is 0 Å². The normalized spacial score (nSPS) is 3.00. The minimum atomic E-state index is -3.63. The first kappa shape index (κ1) is 32.6. The summed E-state index contributed by atoms with van der Waals surface area (Å²) >= 11 is 0. The van der Waals surface area contributed by atoms with E-state index in [1.807, 2.05) is 0 Å². The molecule has 0 aromatic carbocycles. The van der Waals surface area contributed by atoms with Gasteiger partial charge in [-0.1, -0.05) is 0 Å². The van der Waals surface area contributed by atoms with Crippen LogP contribution in [0.15, 0.2) is 0 Å². The van der Waals surface area contributed by atoms with Gasteiger partial charge < -0.3 is 25.0 Å². The van der Waals surface area contributed by atoms with E-state index in [4.69, 9.17) is 14.1 Å². The van der Waals surface area contributed by atoms with Gasteiger partial charge in [0.15, 0.2) is 0 Å². The van der Waals surface area contributed by atoms with Gasteiger partial charge in [0.2, 0.25) is 0 Å². The van der Waals surface area contributed by atoms with Crippen molar-refractivity contribution in [1.29, 1.82) is 0 Å². The Bertz CT molecular complexity index is 33.4. The third-order valence-electron chi connectivity index (χ3n) is 0. The Labute approximate surface area is 104 Å². The molecule has 0 aliphatic heterocycles. The van der Waals surface area contributed by atoms with Crippen molar-refractivity contribution in [2.24, 2.45) is 0 Å². The molecule has 0 saturated carbocycles. The van der Waals surface area contributed by atoms with E-state index < -0.39 is 9.17 Å². The summed E-state index contributed by atoms with van der Waals surface area (Å²) in [5.74, 6) is 0. The number of hydrogen-bond donors (Lipinski definition) is 0. The van der Waals surface area contributed by atoms with Crippen molar-refractivity contribution in [1.82, 2.24) is 0 Å². The van der Waals surface area contributed by atoms with Gasteiger partial charge in [0, 0.05) is 9.17 Å². The molecule has 8 heteroatoms. The Morgan fingerprint density at radius 2 is 1.00 bits per heavy atom. The van der Waals surface area contributed by atoms with E-state index in [0.717, 1.165) is 0 Å². The van der Waals surface area contributed by atoms with Crippen LogP contribution in [0.5, 0.6) is 0 Å². The summed E-state index contributed by atoms with van der Waals surface area (Å²) in [6.45, 7) is 0. The summed E-state index contributed by atoms with van der Waals surface area (Å²) in [6, 6.07) is 0. The zero-order chi connectivity index (χ0) is 3.58. The topological polar surface area (TPSA) is 120 Å². The Balaban J connectivity index is -0.00000000750. The van der Waals surface area contributed by atoms with E-state index in [9.17, 15) is 0 Å². The van der Waals surface area contributed by atoms with Gasteiger partial charge in [-0.25, -0.2) is 0 Å². The van der Waals surface area contributed by atoms with Gasteiger partial charge in [-0.15, -0.1) is 0 Å². The summed E-state index contributed by atoms with van der Waals surface area (Å²) in [5.41, 5.74) is 0. The number of hydrogen-bond acceptors (Lipinski definition) is 3. The van der Waals surface area contributed by atoms with E-state index in [1.54, 1.807) is 0 Å². The van der Waals surface area contributed by atoms with Crippen LogP contribution in [0.4, 0.5) is 0 Å². The van der Waals surface area contributed by atoms with Crippen LogP contribution in [0.25, 0.3) is 0 Å². The molecule has 0 unspecified atom stereocenters. The van der Waals surface area contributed by atoms with E-state index in [2.05, 4.69) is 0 Å². The van der Waals surface area contributed by atoms with Gasteiger partial charge in [-0.05, 0) is 0 Å². The zero-order valence-electron chi connectivity index (χ0n) is 3.70. The van der Waals surface area contributed by atoms with E-state index in [0.29, 0.717) is 0 Å². The average molecular weight is 386 g/mol. The SMILES string of the molecule is O=[Si]([O-])[O-].[La+3].[La+3].[O-2].[O-2]. The molecule has 0 saturated heterocycles. The van der Waals surface area contributed by atoms with Gasteiger partial charge in [-0.2, -0.15) is 0 Å². The molecule has 0 atom stereocenters. The maximum absolute atomic E-state index is 8.52. The summed E-state index contributed by atoms with van der Waals surface area (Å²) in [5, 5.41) is 0. The molecular weight excluding hydrogens is 386 g/mol. The molecule has 0 amide bonds. The van der Waals surface area contributed by atoms with Crippen LogP contribution < -0.4 is 9.59 Å². The van der Waals surface area contributed by atoms with Crippen LogP contribution in [-0.4, -0.2) is 9.17 Å². The van der Waals surface area contributed by atoms with Gasteiger partial charge in [0.1, 0.15) is 0 Å². The molecule has 8 heavy (non-hydrogen) atoms. The Morgan fingerprint density at radius 1 is 1.00 bits per heavy atom. The Hall–Kier alpha value is 1.93. The van der Waals surface area contributed by atoms with Crippen LogP contribution >= 0.6 is 0 Å². The Morgan fingerprint density at radius 3 is 1.00 bits per heavy atom. The molecule has 0 aromatic rings. The molecule has 0 fully saturated rings. The maximum Gasteiger partial charge on any atom is 3.00 e. The fourth-order valence-corrected chi connectivity index (χ4v) is 0. The molecular formula is La2O5Si. The molecule has 0 aliphatic carbocycles. The third kappa shape index (κ3) is 102. The molecule has 0 rings (SSSR count). The molecule has 0 aromatic heterocycles. The smallest absolute Gasteiger partial charge is 2.00 e. The molecule has 40 valence electrons. The van der Waals surface area contributed by atoms with E-state index in [1.165, 1.54) is 0 Å². The van der Waals surface area contributed by atoms with Crippen molar-refractivity contribution >= 4 is 9.17 Å². The molecule has 5 nitrogen and oxygen atoms in total. The largest absolute Gasteiger partial charge is 3.00 e. The van der Waals surface area contributed by atoms with Crippen molar-refractivity contribution in [2.75, 3.05) is 0 Å².